The van der Waals surface area contributed by atoms with E-state index in [9.17, 15) is 8.42 Å². The molecule has 0 radical (unpaired) electrons. The van der Waals surface area contributed by atoms with E-state index in [1.54, 1.807) is 22.5 Å². The molecule has 6 nitrogen and oxygen atoms in total. The van der Waals surface area contributed by atoms with Crippen LogP contribution in [-0.2, 0) is 10.0 Å². The zero-order valence-electron chi connectivity index (χ0n) is 14.3. The largest absolute Gasteiger partial charge is 0.286 e. The minimum atomic E-state index is -3.47. The molecule has 1 fully saturated rings. The molecule has 0 bridgehead atoms. The highest BCUT2D eigenvalue weighted by molar-refractivity contribution is 9.10. The Morgan fingerprint density at radius 1 is 1.12 bits per heavy atom. The Morgan fingerprint density at radius 2 is 1.88 bits per heavy atom. The van der Waals surface area contributed by atoms with Gasteiger partial charge in [0.15, 0.2) is 5.65 Å². The summed E-state index contributed by atoms with van der Waals surface area (Å²) < 4.78 is 30.4. The Hall–Kier alpha value is -1.77. The number of benzene rings is 1. The van der Waals surface area contributed by atoms with Gasteiger partial charge in [0.1, 0.15) is 5.82 Å². The lowest BCUT2D eigenvalue weighted by Gasteiger charge is -2.30. The third-order valence-corrected chi connectivity index (χ3v) is 7.71. The summed E-state index contributed by atoms with van der Waals surface area (Å²) >= 11 is 3.42. The molecule has 0 spiro atoms. The zero-order chi connectivity index (χ0) is 18.3. The second-order valence-electron chi connectivity index (χ2n) is 6.58. The number of hydrogen-bond acceptors (Lipinski definition) is 4. The Bertz CT molecular complexity index is 1060. The van der Waals surface area contributed by atoms with Crippen molar-refractivity contribution in [2.75, 3.05) is 13.1 Å². The Labute approximate surface area is 161 Å². The van der Waals surface area contributed by atoms with Crippen molar-refractivity contribution in [3.63, 3.8) is 0 Å². The SMILES string of the molecule is Cc1cc(S(=O)(=O)N2CCC(c3nnc4ccccn34)CC2)ccc1Br. The van der Waals surface area contributed by atoms with E-state index in [4.69, 9.17) is 0 Å². The first-order valence-electron chi connectivity index (χ1n) is 8.53. The van der Waals surface area contributed by atoms with Gasteiger partial charge in [-0.2, -0.15) is 4.31 Å². The van der Waals surface area contributed by atoms with Crippen LogP contribution in [0.2, 0.25) is 0 Å². The highest BCUT2D eigenvalue weighted by Gasteiger charge is 2.31. The molecule has 4 rings (SSSR count). The van der Waals surface area contributed by atoms with Crippen LogP contribution < -0.4 is 0 Å². The molecule has 0 unspecified atom stereocenters. The minimum absolute atomic E-state index is 0.213. The lowest BCUT2D eigenvalue weighted by molar-refractivity contribution is 0.312. The summed E-state index contributed by atoms with van der Waals surface area (Å²) in [5.41, 5.74) is 1.73. The minimum Gasteiger partial charge on any atom is -0.286 e. The van der Waals surface area contributed by atoms with E-state index in [1.165, 1.54) is 0 Å². The van der Waals surface area contributed by atoms with Gasteiger partial charge in [-0.1, -0.05) is 22.0 Å². The van der Waals surface area contributed by atoms with Crippen molar-refractivity contribution in [1.82, 2.24) is 18.9 Å². The fourth-order valence-corrected chi connectivity index (χ4v) is 5.22. The summed E-state index contributed by atoms with van der Waals surface area (Å²) in [6.07, 6.45) is 3.44. The van der Waals surface area contributed by atoms with Crippen molar-refractivity contribution in [3.05, 3.63) is 58.5 Å². The van der Waals surface area contributed by atoms with Crippen LogP contribution in [0, 0.1) is 6.92 Å². The van der Waals surface area contributed by atoms with E-state index in [0.717, 1.165) is 34.3 Å². The number of piperidine rings is 1. The van der Waals surface area contributed by atoms with Crippen LogP contribution in [-0.4, -0.2) is 40.4 Å². The van der Waals surface area contributed by atoms with Crippen LogP contribution in [0.25, 0.3) is 5.65 Å². The maximum atomic E-state index is 12.9. The second-order valence-corrected chi connectivity index (χ2v) is 9.37. The zero-order valence-corrected chi connectivity index (χ0v) is 16.7. The van der Waals surface area contributed by atoms with Crippen LogP contribution in [0.4, 0.5) is 0 Å². The molecule has 0 aliphatic carbocycles. The van der Waals surface area contributed by atoms with Gasteiger partial charge in [0, 0.05) is 29.7 Å². The summed E-state index contributed by atoms with van der Waals surface area (Å²) in [6.45, 7) is 2.87. The standard InChI is InChI=1S/C18H19BrN4O2S/c1-13-12-15(5-6-16(13)19)26(24,25)22-10-7-14(8-11-22)18-21-20-17-4-2-3-9-23(17)18/h2-6,9,12,14H,7-8,10-11H2,1H3. The third kappa shape index (κ3) is 3.06. The van der Waals surface area contributed by atoms with Crippen LogP contribution in [0.1, 0.15) is 30.1 Å². The number of aryl methyl sites for hydroxylation is 1. The van der Waals surface area contributed by atoms with E-state index in [-0.39, 0.29) is 5.92 Å². The number of hydrogen-bond donors (Lipinski definition) is 0. The fraction of sp³-hybridized carbons (Fsp3) is 0.333. The summed E-state index contributed by atoms with van der Waals surface area (Å²) in [5.74, 6) is 1.13. The summed E-state index contributed by atoms with van der Waals surface area (Å²) in [5, 5.41) is 8.53. The molecule has 0 saturated carbocycles. The lowest BCUT2D eigenvalue weighted by Crippen LogP contribution is -2.38. The first kappa shape index (κ1) is 17.6. The average Bonchev–Trinajstić information content (AvgIpc) is 3.08. The van der Waals surface area contributed by atoms with Crippen molar-refractivity contribution >= 4 is 31.6 Å². The monoisotopic (exact) mass is 434 g/mol. The predicted molar refractivity (Wildman–Crippen MR) is 103 cm³/mol. The van der Waals surface area contributed by atoms with Crippen molar-refractivity contribution in [3.8, 4) is 0 Å². The fourth-order valence-electron chi connectivity index (χ4n) is 3.42. The van der Waals surface area contributed by atoms with Gasteiger partial charge in [0.2, 0.25) is 10.0 Å². The molecular weight excluding hydrogens is 416 g/mol. The smallest absolute Gasteiger partial charge is 0.243 e. The number of rotatable bonds is 3. The molecule has 0 N–H and O–H groups in total. The van der Waals surface area contributed by atoms with Gasteiger partial charge in [-0.3, -0.25) is 4.40 Å². The molecule has 26 heavy (non-hydrogen) atoms. The maximum Gasteiger partial charge on any atom is 0.243 e. The number of halogens is 1. The van der Waals surface area contributed by atoms with Crippen LogP contribution >= 0.6 is 15.9 Å². The molecule has 136 valence electrons. The van der Waals surface area contributed by atoms with E-state index >= 15 is 0 Å². The topological polar surface area (TPSA) is 67.6 Å². The van der Waals surface area contributed by atoms with E-state index < -0.39 is 10.0 Å². The quantitative estimate of drug-likeness (QED) is 0.633. The summed E-state index contributed by atoms with van der Waals surface area (Å²) in [4.78, 5) is 0.351. The van der Waals surface area contributed by atoms with Crippen molar-refractivity contribution < 1.29 is 8.42 Å². The van der Waals surface area contributed by atoms with Crippen LogP contribution in [0.3, 0.4) is 0 Å². The van der Waals surface area contributed by atoms with Gasteiger partial charge >= 0.3 is 0 Å². The molecule has 3 heterocycles. The molecule has 1 aromatic carbocycles. The normalized spacial score (nSPS) is 17.0. The number of nitrogens with zero attached hydrogens (tertiary/aromatic N) is 4. The predicted octanol–water partition coefficient (Wildman–Crippen LogP) is 3.37. The van der Waals surface area contributed by atoms with E-state index in [1.807, 2.05) is 35.7 Å². The Morgan fingerprint density at radius 3 is 2.62 bits per heavy atom. The van der Waals surface area contributed by atoms with Gasteiger partial charge in [-0.05, 0) is 55.7 Å². The van der Waals surface area contributed by atoms with Gasteiger partial charge in [-0.25, -0.2) is 8.42 Å². The van der Waals surface area contributed by atoms with Crippen LogP contribution in [0.5, 0.6) is 0 Å². The highest BCUT2D eigenvalue weighted by atomic mass is 79.9. The highest BCUT2D eigenvalue weighted by Crippen LogP contribution is 2.31. The van der Waals surface area contributed by atoms with Gasteiger partial charge in [0.25, 0.3) is 0 Å². The number of sulfonamides is 1. The molecule has 1 saturated heterocycles. The van der Waals surface area contributed by atoms with Crippen molar-refractivity contribution in [1.29, 1.82) is 0 Å². The molecule has 2 aromatic heterocycles. The van der Waals surface area contributed by atoms with Gasteiger partial charge in [-0.15, -0.1) is 10.2 Å². The Balaban J connectivity index is 1.53. The maximum absolute atomic E-state index is 12.9. The van der Waals surface area contributed by atoms with Crippen molar-refractivity contribution in [2.24, 2.45) is 0 Å². The molecule has 8 heteroatoms. The second kappa shape index (κ2) is 6.75. The van der Waals surface area contributed by atoms with Crippen LogP contribution in [0.15, 0.2) is 52.0 Å². The number of pyridine rings is 1. The van der Waals surface area contributed by atoms with E-state index in [0.29, 0.717) is 18.0 Å². The van der Waals surface area contributed by atoms with Gasteiger partial charge in [0.05, 0.1) is 4.90 Å². The number of aromatic nitrogens is 3. The lowest BCUT2D eigenvalue weighted by atomic mass is 9.97. The van der Waals surface area contributed by atoms with Gasteiger partial charge < -0.3 is 0 Å². The molecule has 0 atom stereocenters. The molecular formula is C18H19BrN4O2S. The summed E-state index contributed by atoms with van der Waals surface area (Å²) in [7, 11) is -3.47. The molecule has 3 aromatic rings. The van der Waals surface area contributed by atoms with Crippen molar-refractivity contribution in [2.45, 2.75) is 30.6 Å². The summed E-state index contributed by atoms with van der Waals surface area (Å²) in [6, 6.07) is 11.0. The molecule has 1 aliphatic rings. The number of fused-ring (bicyclic) bond motifs is 1. The molecule has 0 amide bonds. The third-order valence-electron chi connectivity index (χ3n) is 4.93. The average molecular weight is 435 g/mol. The first-order chi connectivity index (χ1) is 12.5. The molecule has 1 aliphatic heterocycles. The van der Waals surface area contributed by atoms with E-state index in [2.05, 4.69) is 26.1 Å². The first-order valence-corrected chi connectivity index (χ1v) is 10.8. The Kier molecular flexibility index (Phi) is 4.58.